The summed E-state index contributed by atoms with van der Waals surface area (Å²) >= 11 is 0. The maximum absolute atomic E-state index is 13.6. The van der Waals surface area contributed by atoms with Gasteiger partial charge >= 0.3 is 11.9 Å². The number of epoxide rings is 1. The number of ether oxygens (including phenoxy) is 6. The molecule has 9 heteroatoms. The van der Waals surface area contributed by atoms with E-state index in [0.29, 0.717) is 55.0 Å². The van der Waals surface area contributed by atoms with Gasteiger partial charge in [0.2, 0.25) is 0 Å². The molecule has 0 amide bonds. The summed E-state index contributed by atoms with van der Waals surface area (Å²) in [7, 11) is 1.46. The van der Waals surface area contributed by atoms with Crippen LogP contribution in [0.25, 0.3) is 6.08 Å². The summed E-state index contributed by atoms with van der Waals surface area (Å²) < 4.78 is 34.8. The van der Waals surface area contributed by atoms with Gasteiger partial charge in [0.25, 0.3) is 0 Å². The van der Waals surface area contributed by atoms with E-state index < -0.39 is 17.4 Å². The minimum atomic E-state index is -0.921. The summed E-state index contributed by atoms with van der Waals surface area (Å²) in [5.41, 5.74) is 7.04. The molecule has 2 fully saturated rings. The first-order valence-corrected chi connectivity index (χ1v) is 20.2. The van der Waals surface area contributed by atoms with Crippen molar-refractivity contribution < 1.29 is 38.0 Å². The Hall–Kier alpha value is -5.25. The van der Waals surface area contributed by atoms with Crippen LogP contribution < -0.4 is 18.9 Å². The summed E-state index contributed by atoms with van der Waals surface area (Å²) in [4.78, 5) is 27.0. The Labute approximate surface area is 334 Å². The Kier molecular flexibility index (Phi) is 11.3. The number of nitrogens with one attached hydrogen (secondary N) is 1. The molecule has 9 nitrogen and oxygen atoms in total. The molecule has 1 aliphatic heterocycles. The van der Waals surface area contributed by atoms with Crippen LogP contribution in [0.3, 0.4) is 0 Å². The number of hydrogen-bond donors (Lipinski definition) is 1. The number of aryl methyl sites for hydroxylation is 2. The van der Waals surface area contributed by atoms with Gasteiger partial charge in [-0.25, -0.2) is 4.79 Å². The number of esters is 2. The lowest BCUT2D eigenvalue weighted by Gasteiger charge is -2.28. The number of carbonyl (C=O) groups is 2. The van der Waals surface area contributed by atoms with Crippen molar-refractivity contribution in [3.63, 3.8) is 0 Å². The van der Waals surface area contributed by atoms with Crippen molar-refractivity contribution in [3.8, 4) is 23.0 Å². The molecule has 5 atom stereocenters. The van der Waals surface area contributed by atoms with E-state index >= 15 is 0 Å². The Morgan fingerprint density at radius 3 is 2.58 bits per heavy atom. The first-order valence-electron chi connectivity index (χ1n) is 20.2. The van der Waals surface area contributed by atoms with Gasteiger partial charge in [-0.15, -0.1) is 0 Å². The maximum Gasteiger partial charge on any atom is 0.343 e. The molecular formula is C48H51NO8. The second-order valence-corrected chi connectivity index (χ2v) is 16.3. The van der Waals surface area contributed by atoms with Crippen LogP contribution in [0.15, 0.2) is 78.9 Å². The SMILES string of the molecule is COc1cc(C(=O)Oc2ccc(C3CCc4cc(C)ccc4C3)cc2C=N)ccc1OC(=O)C1(C)C=Cc2cc(OCCCOCC3CCC4OC4C3)ccc2C1. The van der Waals surface area contributed by atoms with Crippen molar-refractivity contribution in [2.45, 2.75) is 83.3 Å². The van der Waals surface area contributed by atoms with Crippen molar-refractivity contribution in [1.82, 2.24) is 0 Å². The molecule has 8 rings (SSSR count). The zero-order valence-corrected chi connectivity index (χ0v) is 33.0. The quantitative estimate of drug-likeness (QED) is 0.0444. The fourth-order valence-corrected chi connectivity index (χ4v) is 8.54. The van der Waals surface area contributed by atoms with E-state index in [2.05, 4.69) is 25.1 Å². The van der Waals surface area contributed by atoms with E-state index in [9.17, 15) is 9.59 Å². The van der Waals surface area contributed by atoms with Crippen LogP contribution in [0, 0.1) is 23.7 Å². The second kappa shape index (κ2) is 16.7. The van der Waals surface area contributed by atoms with E-state index in [1.165, 1.54) is 48.9 Å². The number of carbonyl (C=O) groups excluding carboxylic acids is 2. The van der Waals surface area contributed by atoms with Crippen LogP contribution in [0.4, 0.5) is 0 Å². The van der Waals surface area contributed by atoms with Gasteiger partial charge in [0, 0.05) is 31.4 Å². The highest BCUT2D eigenvalue weighted by molar-refractivity contribution is 5.94. The van der Waals surface area contributed by atoms with E-state index in [1.54, 1.807) is 18.2 Å². The average molecular weight is 770 g/mol. The third-order valence-corrected chi connectivity index (χ3v) is 12.0. The van der Waals surface area contributed by atoms with Gasteiger partial charge in [0.15, 0.2) is 11.5 Å². The van der Waals surface area contributed by atoms with Crippen LogP contribution in [-0.2, 0) is 33.5 Å². The standard InChI is InChI=1S/C48H51NO8/c1-30-5-7-33-23-34(9-8-32(33)21-30)35-11-15-41(39(24-35)28-49)56-46(50)37-12-16-42(44(26-37)52-3)57-47(51)48(2)18-17-36-25-40(13-10-38(36)27-48)54-20-4-19-53-29-31-6-14-43-45(22-31)55-43/h5,7,10-13,15-18,21,24-26,28,31,34,43,45,49H,4,6,8-9,14,19-20,22-23,27,29H2,1-3H3. The van der Waals surface area contributed by atoms with Crippen molar-refractivity contribution in [2.75, 3.05) is 26.9 Å². The highest BCUT2D eigenvalue weighted by Crippen LogP contribution is 2.40. The normalized spacial score (nSPS) is 23.0. The monoisotopic (exact) mass is 769 g/mol. The zero-order chi connectivity index (χ0) is 39.5. The van der Waals surface area contributed by atoms with Gasteiger partial charge in [-0.3, -0.25) is 4.79 Å². The van der Waals surface area contributed by atoms with E-state index in [4.69, 9.17) is 33.8 Å². The molecule has 1 saturated heterocycles. The Morgan fingerprint density at radius 1 is 0.877 bits per heavy atom. The first-order chi connectivity index (χ1) is 27.7. The van der Waals surface area contributed by atoms with Gasteiger partial charge in [0.05, 0.1) is 36.9 Å². The summed E-state index contributed by atoms with van der Waals surface area (Å²) in [5, 5.41) is 8.06. The Morgan fingerprint density at radius 2 is 1.74 bits per heavy atom. The predicted molar refractivity (Wildman–Crippen MR) is 218 cm³/mol. The molecule has 57 heavy (non-hydrogen) atoms. The molecule has 1 saturated carbocycles. The van der Waals surface area contributed by atoms with Crippen LogP contribution >= 0.6 is 0 Å². The number of benzene rings is 4. The lowest BCUT2D eigenvalue weighted by molar-refractivity contribution is -0.142. The number of hydrogen-bond acceptors (Lipinski definition) is 9. The molecule has 0 aromatic heterocycles. The average Bonchev–Trinajstić information content (AvgIpc) is 4.01. The third-order valence-electron chi connectivity index (χ3n) is 12.0. The first kappa shape index (κ1) is 38.6. The van der Waals surface area contributed by atoms with E-state index in [-0.39, 0.29) is 17.1 Å². The summed E-state index contributed by atoms with van der Waals surface area (Å²) in [6.07, 6.45) is 13.8. The maximum atomic E-state index is 13.6. The summed E-state index contributed by atoms with van der Waals surface area (Å²) in [6, 6.07) is 22.9. The number of methoxy groups -OCH3 is 1. The third kappa shape index (κ3) is 8.85. The van der Waals surface area contributed by atoms with E-state index in [1.807, 2.05) is 49.4 Å². The molecule has 4 aromatic rings. The minimum Gasteiger partial charge on any atom is -0.493 e. The molecule has 296 valence electrons. The minimum absolute atomic E-state index is 0.199. The van der Waals surface area contributed by atoms with Crippen molar-refractivity contribution in [2.24, 2.45) is 11.3 Å². The van der Waals surface area contributed by atoms with Gasteiger partial charge in [-0.2, -0.15) is 0 Å². The highest BCUT2D eigenvalue weighted by Gasteiger charge is 2.43. The van der Waals surface area contributed by atoms with E-state index in [0.717, 1.165) is 61.2 Å². The van der Waals surface area contributed by atoms with Gasteiger partial charge < -0.3 is 33.8 Å². The molecule has 3 aliphatic carbocycles. The van der Waals surface area contributed by atoms with Gasteiger partial charge in [-0.05, 0) is 141 Å². The Bertz CT molecular complexity index is 2190. The fraction of sp³-hybridized carbons (Fsp3) is 0.396. The molecule has 0 spiro atoms. The lowest BCUT2D eigenvalue weighted by Crippen LogP contribution is -2.34. The van der Waals surface area contributed by atoms with Gasteiger partial charge in [-0.1, -0.05) is 48.0 Å². The summed E-state index contributed by atoms with van der Waals surface area (Å²) in [5.74, 6) is 1.40. The lowest BCUT2D eigenvalue weighted by atomic mass is 9.78. The molecule has 4 aliphatic rings. The highest BCUT2D eigenvalue weighted by atomic mass is 16.6. The second-order valence-electron chi connectivity index (χ2n) is 16.3. The topological polar surface area (TPSA) is 117 Å². The van der Waals surface area contributed by atoms with Gasteiger partial charge in [0.1, 0.15) is 11.5 Å². The smallest absolute Gasteiger partial charge is 0.343 e. The number of rotatable bonds is 14. The molecular weight excluding hydrogens is 719 g/mol. The molecule has 4 aromatic carbocycles. The fourth-order valence-electron chi connectivity index (χ4n) is 8.54. The molecule has 1 N–H and O–H groups in total. The van der Waals surface area contributed by atoms with Crippen molar-refractivity contribution >= 4 is 24.2 Å². The number of fused-ring (bicyclic) bond motifs is 3. The molecule has 0 radical (unpaired) electrons. The zero-order valence-electron chi connectivity index (χ0n) is 33.0. The molecule has 5 unspecified atom stereocenters. The molecule has 0 bridgehead atoms. The van der Waals surface area contributed by atoms with Crippen molar-refractivity contribution in [1.29, 1.82) is 5.41 Å². The largest absolute Gasteiger partial charge is 0.493 e. The van der Waals surface area contributed by atoms with Crippen LogP contribution in [0.2, 0.25) is 0 Å². The van der Waals surface area contributed by atoms with Crippen LogP contribution in [-0.4, -0.2) is 57.3 Å². The predicted octanol–water partition coefficient (Wildman–Crippen LogP) is 9.03. The van der Waals surface area contributed by atoms with Crippen LogP contribution in [0.1, 0.15) is 94.2 Å². The van der Waals surface area contributed by atoms with Crippen molar-refractivity contribution in [3.05, 3.63) is 123 Å². The summed E-state index contributed by atoms with van der Waals surface area (Å²) in [6.45, 7) is 6.01. The van der Waals surface area contributed by atoms with Crippen LogP contribution in [0.5, 0.6) is 23.0 Å². The Balaban J connectivity index is 0.839. The molecule has 1 heterocycles.